The number of carbonyl (C=O) groups excluding carboxylic acids is 1. The van der Waals surface area contributed by atoms with Crippen LogP contribution in [-0.4, -0.2) is 23.1 Å². The fraction of sp³-hybridized carbons (Fsp3) is 0.300. The largest absolute Gasteiger partial charge is 0.424 e. The van der Waals surface area contributed by atoms with Gasteiger partial charge in [0.25, 0.3) is 0 Å². The van der Waals surface area contributed by atoms with Gasteiger partial charge in [-0.2, -0.15) is 18.2 Å². The zero-order valence-electron chi connectivity index (χ0n) is 8.62. The number of halogens is 3. The maximum absolute atomic E-state index is 12.4. The van der Waals surface area contributed by atoms with Gasteiger partial charge >= 0.3 is 6.18 Å². The van der Waals surface area contributed by atoms with E-state index in [1.165, 1.54) is 6.92 Å². The molecule has 17 heavy (non-hydrogen) atoms. The molecule has 0 spiro atoms. The molecule has 0 aromatic heterocycles. The minimum absolute atomic E-state index is 0.229. The molecule has 0 saturated carbocycles. The van der Waals surface area contributed by atoms with Gasteiger partial charge in [0.15, 0.2) is 6.04 Å². The Morgan fingerprint density at radius 1 is 1.47 bits per heavy atom. The lowest BCUT2D eigenvalue weighted by Gasteiger charge is -2.12. The Kier molecular flexibility index (Phi) is 2.50. The standard InChI is InChI=1S/C10H6F3N3O/c1-6(17)16-9-5-3-7(10(11,12)13)2-4-8(9)14-15-16/h2,4,9H,1H3/t9-/m0/s1. The van der Waals surface area contributed by atoms with E-state index in [4.69, 9.17) is 0 Å². The highest BCUT2D eigenvalue weighted by molar-refractivity contribution is 5.74. The second-order valence-corrected chi connectivity index (χ2v) is 3.39. The summed E-state index contributed by atoms with van der Waals surface area (Å²) in [5.41, 5.74) is -0.731. The van der Waals surface area contributed by atoms with Crippen molar-refractivity contribution in [1.29, 1.82) is 0 Å². The first-order valence-corrected chi connectivity index (χ1v) is 4.61. The van der Waals surface area contributed by atoms with Crippen LogP contribution in [0.4, 0.5) is 13.2 Å². The van der Waals surface area contributed by atoms with Crippen molar-refractivity contribution in [3.8, 4) is 11.8 Å². The summed E-state index contributed by atoms with van der Waals surface area (Å²) in [5.74, 6) is 3.92. The fourth-order valence-electron chi connectivity index (χ4n) is 1.36. The van der Waals surface area contributed by atoms with Gasteiger partial charge in [-0.05, 0) is 12.2 Å². The van der Waals surface area contributed by atoms with Gasteiger partial charge in [0.05, 0.1) is 0 Å². The number of alkyl halides is 3. The highest BCUT2D eigenvalue weighted by Gasteiger charge is 2.35. The lowest BCUT2D eigenvalue weighted by molar-refractivity contribution is -0.129. The highest BCUT2D eigenvalue weighted by Crippen LogP contribution is 2.29. The van der Waals surface area contributed by atoms with E-state index in [1.54, 1.807) is 0 Å². The molecule has 0 saturated heterocycles. The predicted molar refractivity (Wildman–Crippen MR) is 51.2 cm³/mol. The van der Waals surface area contributed by atoms with Crippen molar-refractivity contribution < 1.29 is 18.0 Å². The van der Waals surface area contributed by atoms with Gasteiger partial charge in [-0.15, -0.1) is 5.11 Å². The van der Waals surface area contributed by atoms with E-state index < -0.39 is 23.7 Å². The van der Waals surface area contributed by atoms with Crippen LogP contribution in [0.2, 0.25) is 0 Å². The second-order valence-electron chi connectivity index (χ2n) is 3.39. The number of carbonyl (C=O) groups is 1. The van der Waals surface area contributed by atoms with Gasteiger partial charge in [-0.3, -0.25) is 4.79 Å². The molecule has 2 rings (SSSR count). The molecule has 4 nitrogen and oxygen atoms in total. The molecule has 1 amide bonds. The van der Waals surface area contributed by atoms with Crippen molar-refractivity contribution in [2.24, 2.45) is 10.3 Å². The second kappa shape index (κ2) is 3.73. The summed E-state index contributed by atoms with van der Waals surface area (Å²) in [6.45, 7) is 1.24. The Morgan fingerprint density at radius 2 is 2.18 bits per heavy atom. The first-order chi connectivity index (χ1) is 7.89. The number of fused-ring (bicyclic) bond motifs is 1. The van der Waals surface area contributed by atoms with E-state index >= 15 is 0 Å². The van der Waals surface area contributed by atoms with Gasteiger partial charge in [0.2, 0.25) is 5.91 Å². The maximum Gasteiger partial charge on any atom is 0.424 e. The zero-order valence-corrected chi connectivity index (χ0v) is 8.62. The average Bonchev–Trinajstić information content (AvgIpc) is 2.48. The molecule has 0 radical (unpaired) electrons. The first-order valence-electron chi connectivity index (χ1n) is 4.61. The molecule has 0 N–H and O–H groups in total. The zero-order chi connectivity index (χ0) is 12.6. The van der Waals surface area contributed by atoms with Crippen molar-refractivity contribution in [3.63, 3.8) is 0 Å². The van der Waals surface area contributed by atoms with Gasteiger partial charge in [0.1, 0.15) is 11.3 Å². The number of amides is 1. The molecule has 7 heteroatoms. The fourth-order valence-corrected chi connectivity index (χ4v) is 1.36. The molecule has 88 valence electrons. The number of allylic oxidation sites excluding steroid dienone is 3. The van der Waals surface area contributed by atoms with Crippen molar-refractivity contribution in [2.75, 3.05) is 0 Å². The van der Waals surface area contributed by atoms with Crippen LogP contribution in [0.5, 0.6) is 0 Å². The third-order valence-electron chi connectivity index (χ3n) is 2.17. The van der Waals surface area contributed by atoms with E-state index in [1.807, 2.05) is 5.92 Å². The van der Waals surface area contributed by atoms with Crippen LogP contribution in [0.25, 0.3) is 0 Å². The minimum Gasteiger partial charge on any atom is -0.273 e. The molecular formula is C10H6F3N3O. The Labute approximate surface area is 94.5 Å². The summed E-state index contributed by atoms with van der Waals surface area (Å²) in [7, 11) is 0. The van der Waals surface area contributed by atoms with E-state index in [2.05, 4.69) is 16.3 Å². The molecule has 0 aromatic carbocycles. The normalized spacial score (nSPS) is 22.1. The van der Waals surface area contributed by atoms with Crippen LogP contribution in [0, 0.1) is 11.8 Å². The molecule has 0 aromatic rings. The van der Waals surface area contributed by atoms with Crippen LogP contribution >= 0.6 is 0 Å². The monoisotopic (exact) mass is 241 g/mol. The number of hydrogen-bond acceptors (Lipinski definition) is 3. The van der Waals surface area contributed by atoms with Crippen LogP contribution < -0.4 is 0 Å². The molecular weight excluding hydrogens is 235 g/mol. The maximum atomic E-state index is 12.4. The van der Waals surface area contributed by atoms with E-state index in [0.717, 1.165) is 17.2 Å². The average molecular weight is 241 g/mol. The number of hydrogen-bond donors (Lipinski definition) is 0. The SMILES string of the molecule is CC(=O)N1N=NC2=CC=C(C(F)(F)F)C#C[C@@H]21. The van der Waals surface area contributed by atoms with E-state index in [0.29, 0.717) is 0 Å². The van der Waals surface area contributed by atoms with Crippen molar-refractivity contribution in [2.45, 2.75) is 19.1 Å². The molecule has 0 unspecified atom stereocenters. The minimum atomic E-state index is -4.50. The molecule has 0 fully saturated rings. The van der Waals surface area contributed by atoms with Crippen molar-refractivity contribution >= 4 is 5.91 Å². The quantitative estimate of drug-likeness (QED) is 0.598. The van der Waals surface area contributed by atoms with E-state index in [9.17, 15) is 18.0 Å². The lowest BCUT2D eigenvalue weighted by Crippen LogP contribution is -2.30. The Morgan fingerprint density at radius 3 is 2.76 bits per heavy atom. The van der Waals surface area contributed by atoms with Crippen LogP contribution in [0.15, 0.2) is 33.8 Å². The van der Waals surface area contributed by atoms with Gasteiger partial charge in [-0.1, -0.05) is 17.1 Å². The van der Waals surface area contributed by atoms with Crippen LogP contribution in [-0.2, 0) is 4.79 Å². The molecule has 1 aliphatic heterocycles. The summed E-state index contributed by atoms with van der Waals surface area (Å²) in [6, 6.07) is -0.830. The number of rotatable bonds is 0. The summed E-state index contributed by atoms with van der Waals surface area (Å²) < 4.78 is 37.3. The Hall–Kier alpha value is -2.10. The smallest absolute Gasteiger partial charge is 0.273 e. The Bertz CT molecular complexity index is 519. The highest BCUT2D eigenvalue weighted by atomic mass is 19.4. The Balaban J connectivity index is 2.37. The third kappa shape index (κ3) is 2.06. The lowest BCUT2D eigenvalue weighted by atomic mass is 10.2. The summed E-state index contributed by atoms with van der Waals surface area (Å²) >= 11 is 0. The van der Waals surface area contributed by atoms with Crippen molar-refractivity contribution in [1.82, 2.24) is 5.01 Å². The molecule has 1 atom stereocenters. The molecule has 1 heterocycles. The van der Waals surface area contributed by atoms with Crippen molar-refractivity contribution in [3.05, 3.63) is 23.4 Å². The van der Waals surface area contributed by atoms with Gasteiger partial charge in [0, 0.05) is 6.92 Å². The molecule has 2 aliphatic rings. The summed E-state index contributed by atoms with van der Waals surface area (Å²) in [6.07, 6.45) is -2.50. The first kappa shape index (κ1) is 11.4. The third-order valence-corrected chi connectivity index (χ3v) is 2.17. The number of nitrogens with zero attached hydrogens (tertiary/aromatic N) is 3. The van der Waals surface area contributed by atoms with Gasteiger partial charge in [-0.25, -0.2) is 0 Å². The summed E-state index contributed by atoms with van der Waals surface area (Å²) in [4.78, 5) is 11.1. The molecule has 0 bridgehead atoms. The van der Waals surface area contributed by atoms with E-state index in [-0.39, 0.29) is 5.70 Å². The topological polar surface area (TPSA) is 45.0 Å². The van der Waals surface area contributed by atoms with Crippen LogP contribution in [0.1, 0.15) is 6.92 Å². The van der Waals surface area contributed by atoms with Gasteiger partial charge < -0.3 is 0 Å². The van der Waals surface area contributed by atoms with Crippen LogP contribution in [0.3, 0.4) is 0 Å². The molecule has 1 aliphatic carbocycles. The summed E-state index contributed by atoms with van der Waals surface area (Å²) in [5, 5.41) is 8.10. The predicted octanol–water partition coefficient (Wildman–Crippen LogP) is 1.97.